The molecule has 2 nitrogen and oxygen atoms in total. The molecular formula is C6H3IN2Se. The van der Waals surface area contributed by atoms with Gasteiger partial charge in [0.1, 0.15) is 0 Å². The Morgan fingerprint density at radius 1 is 1.30 bits per heavy atom. The molecule has 0 spiro atoms. The number of hydrogen-bond acceptors (Lipinski definition) is 2. The van der Waals surface area contributed by atoms with Gasteiger partial charge in [-0.05, 0) is 0 Å². The van der Waals surface area contributed by atoms with Crippen molar-refractivity contribution in [3.63, 3.8) is 0 Å². The first-order valence-corrected chi connectivity index (χ1v) is 5.36. The molecule has 0 radical (unpaired) electrons. The Balaban J connectivity index is 2.95. The van der Waals surface area contributed by atoms with Crippen molar-refractivity contribution in [3.05, 3.63) is 21.8 Å². The molecule has 0 aliphatic heterocycles. The van der Waals surface area contributed by atoms with Crippen molar-refractivity contribution in [2.24, 2.45) is 0 Å². The van der Waals surface area contributed by atoms with Gasteiger partial charge in [-0.3, -0.25) is 0 Å². The Kier molecular flexibility index (Phi) is 1.76. The molecule has 2 aromatic rings. The van der Waals surface area contributed by atoms with E-state index in [1.54, 1.807) is 0 Å². The summed E-state index contributed by atoms with van der Waals surface area (Å²) in [6.45, 7) is 0. The molecule has 0 bridgehead atoms. The predicted octanol–water partition coefficient (Wildman–Crippen LogP) is 1.29. The molecule has 4 heteroatoms. The molecule has 1 aromatic carbocycles. The van der Waals surface area contributed by atoms with Crippen molar-refractivity contribution in [1.82, 2.24) is 7.96 Å². The molecule has 0 atom stereocenters. The van der Waals surface area contributed by atoms with E-state index in [0.717, 1.165) is 11.0 Å². The summed E-state index contributed by atoms with van der Waals surface area (Å²) in [7, 11) is 0. The van der Waals surface area contributed by atoms with Gasteiger partial charge in [-0.15, -0.1) is 0 Å². The van der Waals surface area contributed by atoms with Crippen LogP contribution in [0.15, 0.2) is 18.2 Å². The normalized spacial score (nSPS) is 10.5. The Hall–Kier alpha value is 0.0695. The van der Waals surface area contributed by atoms with Gasteiger partial charge in [-0.25, -0.2) is 0 Å². The van der Waals surface area contributed by atoms with Crippen LogP contribution in [0.1, 0.15) is 0 Å². The van der Waals surface area contributed by atoms with Crippen LogP contribution in [0.5, 0.6) is 0 Å². The van der Waals surface area contributed by atoms with Crippen LogP contribution in [0, 0.1) is 3.57 Å². The van der Waals surface area contributed by atoms with E-state index in [2.05, 4.69) is 36.6 Å². The Morgan fingerprint density at radius 2 is 2.20 bits per heavy atom. The zero-order chi connectivity index (χ0) is 6.97. The van der Waals surface area contributed by atoms with Crippen molar-refractivity contribution in [1.29, 1.82) is 0 Å². The third-order valence-corrected chi connectivity index (χ3v) is 3.25. The summed E-state index contributed by atoms with van der Waals surface area (Å²) in [5.41, 5.74) is 2.15. The topological polar surface area (TPSA) is 25.8 Å². The fourth-order valence-electron chi connectivity index (χ4n) is 0.773. The second kappa shape index (κ2) is 2.60. The first-order chi connectivity index (χ1) is 4.88. The molecule has 50 valence electrons. The summed E-state index contributed by atoms with van der Waals surface area (Å²) in [6, 6.07) is 6.08. The molecule has 0 unspecified atom stereocenters. The molecule has 1 aromatic heterocycles. The maximum atomic E-state index is 4.29. The van der Waals surface area contributed by atoms with E-state index in [-0.39, 0.29) is 15.0 Å². The van der Waals surface area contributed by atoms with Gasteiger partial charge in [-0.1, -0.05) is 0 Å². The van der Waals surface area contributed by atoms with Crippen molar-refractivity contribution in [2.75, 3.05) is 0 Å². The molecule has 0 saturated carbocycles. The molecular weight excluding hydrogens is 306 g/mol. The van der Waals surface area contributed by atoms with Crippen molar-refractivity contribution >= 4 is 48.6 Å². The molecule has 0 aliphatic carbocycles. The average molecular weight is 309 g/mol. The van der Waals surface area contributed by atoms with Gasteiger partial charge < -0.3 is 0 Å². The van der Waals surface area contributed by atoms with E-state index in [1.807, 2.05) is 12.1 Å². The molecule has 0 aliphatic rings. The van der Waals surface area contributed by atoms with Crippen molar-refractivity contribution in [3.8, 4) is 0 Å². The van der Waals surface area contributed by atoms with Gasteiger partial charge in [0.15, 0.2) is 0 Å². The fourth-order valence-corrected chi connectivity index (χ4v) is 2.90. The van der Waals surface area contributed by atoms with Gasteiger partial charge >= 0.3 is 78.3 Å². The Labute approximate surface area is 78.0 Å². The van der Waals surface area contributed by atoms with E-state index in [0.29, 0.717) is 0 Å². The van der Waals surface area contributed by atoms with Gasteiger partial charge in [0.25, 0.3) is 0 Å². The third-order valence-electron chi connectivity index (χ3n) is 1.24. The van der Waals surface area contributed by atoms with Crippen LogP contribution in [0.4, 0.5) is 0 Å². The SMILES string of the molecule is Ic1cccc2n[se]nc12. The second-order valence-corrected chi connectivity index (χ2v) is 4.14. The molecule has 0 amide bonds. The molecule has 10 heavy (non-hydrogen) atoms. The Morgan fingerprint density at radius 3 is 3.00 bits per heavy atom. The zero-order valence-electron chi connectivity index (χ0n) is 4.91. The quantitative estimate of drug-likeness (QED) is 0.541. The number of rotatable bonds is 0. The van der Waals surface area contributed by atoms with E-state index in [4.69, 9.17) is 0 Å². The number of benzene rings is 1. The zero-order valence-corrected chi connectivity index (χ0v) is 8.78. The molecule has 0 fully saturated rings. The summed E-state index contributed by atoms with van der Waals surface area (Å²) in [6.07, 6.45) is 0. The number of fused-ring (bicyclic) bond motifs is 1. The van der Waals surface area contributed by atoms with Crippen LogP contribution in [-0.4, -0.2) is 22.9 Å². The maximum absolute atomic E-state index is 4.29. The number of nitrogens with zero attached hydrogens (tertiary/aromatic N) is 2. The predicted molar refractivity (Wildman–Crippen MR) is 49.2 cm³/mol. The standard InChI is InChI=1S/C6H3IN2Se/c7-4-2-1-3-5-6(4)9-10-8-5/h1-3H. The number of hydrogen-bond donors (Lipinski definition) is 0. The third kappa shape index (κ3) is 1.00. The summed E-state index contributed by atoms with van der Waals surface area (Å²) < 4.78 is 9.74. The van der Waals surface area contributed by atoms with Crippen LogP contribution in [0.3, 0.4) is 0 Å². The van der Waals surface area contributed by atoms with Crippen LogP contribution < -0.4 is 0 Å². The van der Waals surface area contributed by atoms with E-state index < -0.39 is 0 Å². The van der Waals surface area contributed by atoms with Crippen LogP contribution >= 0.6 is 22.6 Å². The summed E-state index contributed by atoms with van der Waals surface area (Å²) in [5, 5.41) is 0. The first kappa shape index (κ1) is 6.76. The summed E-state index contributed by atoms with van der Waals surface area (Å²) in [5.74, 6) is 0. The van der Waals surface area contributed by atoms with Crippen LogP contribution in [0.2, 0.25) is 0 Å². The van der Waals surface area contributed by atoms with E-state index in [9.17, 15) is 0 Å². The summed E-state index contributed by atoms with van der Waals surface area (Å²) >= 11 is 2.40. The van der Waals surface area contributed by atoms with Crippen molar-refractivity contribution < 1.29 is 0 Å². The van der Waals surface area contributed by atoms with Gasteiger partial charge in [0.05, 0.1) is 0 Å². The van der Waals surface area contributed by atoms with Crippen molar-refractivity contribution in [2.45, 2.75) is 0 Å². The molecule has 0 N–H and O–H groups in total. The fraction of sp³-hybridized carbons (Fsp3) is 0. The molecule has 0 saturated heterocycles. The van der Waals surface area contributed by atoms with Crippen LogP contribution in [-0.2, 0) is 0 Å². The Bertz CT molecular complexity index is 357. The van der Waals surface area contributed by atoms with Gasteiger partial charge in [0, 0.05) is 0 Å². The van der Waals surface area contributed by atoms with E-state index >= 15 is 0 Å². The first-order valence-electron chi connectivity index (χ1n) is 2.75. The molecule has 1 heterocycles. The monoisotopic (exact) mass is 310 g/mol. The van der Waals surface area contributed by atoms with Gasteiger partial charge in [0.2, 0.25) is 0 Å². The summed E-state index contributed by atoms with van der Waals surface area (Å²) in [4.78, 5) is 0. The van der Waals surface area contributed by atoms with Gasteiger partial charge in [-0.2, -0.15) is 0 Å². The number of halogens is 1. The number of aromatic nitrogens is 2. The average Bonchev–Trinajstić information content (AvgIpc) is 2.36. The minimum atomic E-state index is 0.115. The second-order valence-electron chi connectivity index (χ2n) is 1.87. The minimum absolute atomic E-state index is 0.115. The van der Waals surface area contributed by atoms with E-state index in [1.165, 1.54) is 3.57 Å². The molecule has 2 rings (SSSR count). The van der Waals surface area contributed by atoms with Crippen LogP contribution in [0.25, 0.3) is 11.0 Å².